The van der Waals surface area contributed by atoms with E-state index in [9.17, 15) is 0 Å². The van der Waals surface area contributed by atoms with Crippen LogP contribution in [-0.2, 0) is 0 Å². The zero-order valence-electron chi connectivity index (χ0n) is 7.75. The van der Waals surface area contributed by atoms with E-state index < -0.39 is 0 Å². The Hall–Kier alpha value is -0.440. The number of halogens is 1. The molecule has 0 aliphatic rings. The highest BCUT2D eigenvalue weighted by molar-refractivity contribution is 5.85. The predicted molar refractivity (Wildman–Crippen MR) is 56.7 cm³/mol. The van der Waals surface area contributed by atoms with Crippen LogP contribution >= 0.6 is 12.4 Å². The van der Waals surface area contributed by atoms with Crippen LogP contribution in [0.25, 0.3) is 0 Å². The van der Waals surface area contributed by atoms with Gasteiger partial charge in [0.15, 0.2) is 5.96 Å². The van der Waals surface area contributed by atoms with Crippen LogP contribution in [0.1, 0.15) is 39.0 Å². The minimum atomic E-state index is 0. The largest absolute Gasteiger partial charge is 0.370 e. The Balaban J connectivity index is 0. The summed E-state index contributed by atoms with van der Waals surface area (Å²) in [6.45, 7) is 2.99. The van der Waals surface area contributed by atoms with E-state index in [1.54, 1.807) is 0 Å². The van der Waals surface area contributed by atoms with Crippen molar-refractivity contribution in [3.8, 4) is 0 Å². The van der Waals surface area contributed by atoms with Gasteiger partial charge in [0.1, 0.15) is 0 Å². The monoisotopic (exact) mass is 193 g/mol. The lowest BCUT2D eigenvalue weighted by Crippen LogP contribution is -2.22. The van der Waals surface area contributed by atoms with Crippen LogP contribution in [0.4, 0.5) is 0 Å². The van der Waals surface area contributed by atoms with Gasteiger partial charge in [0.25, 0.3) is 0 Å². The predicted octanol–water partition coefficient (Wildman–Crippen LogP) is 1.65. The summed E-state index contributed by atoms with van der Waals surface area (Å²) in [5.74, 6) is 0.209. The molecule has 0 bridgehead atoms. The van der Waals surface area contributed by atoms with E-state index in [1.165, 1.54) is 25.7 Å². The first-order valence-corrected chi connectivity index (χ1v) is 4.32. The first-order chi connectivity index (χ1) is 5.27. The third-order valence-electron chi connectivity index (χ3n) is 1.56. The van der Waals surface area contributed by atoms with Crippen LogP contribution in [0, 0.1) is 0 Å². The lowest BCUT2D eigenvalue weighted by Gasteiger charge is -1.96. The molecule has 0 atom stereocenters. The zero-order valence-corrected chi connectivity index (χ0v) is 8.57. The van der Waals surface area contributed by atoms with Crippen LogP contribution in [0.2, 0.25) is 0 Å². The molecule has 0 saturated carbocycles. The standard InChI is InChI=1S/C8H19N3.ClH/c1-2-3-4-5-6-7-11-8(9)10;/h2-7H2,1H3,(H4,9,10,11);1H. The van der Waals surface area contributed by atoms with Crippen molar-refractivity contribution in [3.63, 3.8) is 0 Å². The Morgan fingerprint density at radius 2 is 1.67 bits per heavy atom. The summed E-state index contributed by atoms with van der Waals surface area (Å²) in [6, 6.07) is 0. The fourth-order valence-corrected chi connectivity index (χ4v) is 0.924. The number of hydrogen-bond donors (Lipinski definition) is 2. The number of aliphatic imine (C=N–C) groups is 1. The first kappa shape index (κ1) is 14.1. The lowest BCUT2D eigenvalue weighted by molar-refractivity contribution is 0.638. The molecule has 0 spiro atoms. The molecule has 12 heavy (non-hydrogen) atoms. The van der Waals surface area contributed by atoms with Gasteiger partial charge in [0, 0.05) is 6.54 Å². The Morgan fingerprint density at radius 1 is 1.08 bits per heavy atom. The van der Waals surface area contributed by atoms with Crippen LogP contribution in [-0.4, -0.2) is 12.5 Å². The molecule has 0 radical (unpaired) electrons. The molecule has 0 aromatic carbocycles. The van der Waals surface area contributed by atoms with E-state index in [4.69, 9.17) is 11.5 Å². The molecule has 0 heterocycles. The summed E-state index contributed by atoms with van der Waals surface area (Å²) >= 11 is 0. The second-order valence-corrected chi connectivity index (χ2v) is 2.72. The molecule has 0 aliphatic heterocycles. The fraction of sp³-hybridized carbons (Fsp3) is 0.875. The lowest BCUT2D eigenvalue weighted by atomic mass is 10.2. The summed E-state index contributed by atoms with van der Waals surface area (Å²) < 4.78 is 0. The van der Waals surface area contributed by atoms with Crippen molar-refractivity contribution >= 4 is 18.4 Å². The number of nitrogens with two attached hydrogens (primary N) is 2. The third-order valence-corrected chi connectivity index (χ3v) is 1.56. The number of unbranched alkanes of at least 4 members (excludes halogenated alkanes) is 4. The molecular weight excluding hydrogens is 174 g/mol. The van der Waals surface area contributed by atoms with Crippen LogP contribution < -0.4 is 11.5 Å². The highest BCUT2D eigenvalue weighted by atomic mass is 35.5. The normalized spacial score (nSPS) is 8.75. The molecule has 0 aliphatic carbocycles. The molecule has 0 saturated heterocycles. The topological polar surface area (TPSA) is 64.4 Å². The van der Waals surface area contributed by atoms with E-state index in [0.29, 0.717) is 0 Å². The smallest absolute Gasteiger partial charge is 0.185 e. The maximum Gasteiger partial charge on any atom is 0.185 e. The van der Waals surface area contributed by atoms with E-state index >= 15 is 0 Å². The highest BCUT2D eigenvalue weighted by Crippen LogP contribution is 2.01. The Morgan fingerprint density at radius 3 is 2.17 bits per heavy atom. The second-order valence-electron chi connectivity index (χ2n) is 2.72. The van der Waals surface area contributed by atoms with Gasteiger partial charge in [-0.1, -0.05) is 32.6 Å². The summed E-state index contributed by atoms with van der Waals surface area (Å²) in [5, 5.41) is 0. The number of rotatable bonds is 6. The zero-order chi connectivity index (χ0) is 8.53. The molecule has 0 aromatic rings. The van der Waals surface area contributed by atoms with Crippen molar-refractivity contribution in [3.05, 3.63) is 0 Å². The van der Waals surface area contributed by atoms with E-state index in [-0.39, 0.29) is 18.4 Å². The van der Waals surface area contributed by atoms with Gasteiger partial charge in [-0.3, -0.25) is 4.99 Å². The Kier molecular flexibility index (Phi) is 12.4. The van der Waals surface area contributed by atoms with Crippen molar-refractivity contribution in [1.82, 2.24) is 0 Å². The molecule has 3 nitrogen and oxygen atoms in total. The van der Waals surface area contributed by atoms with Crippen LogP contribution in [0.5, 0.6) is 0 Å². The van der Waals surface area contributed by atoms with E-state index in [0.717, 1.165) is 13.0 Å². The van der Waals surface area contributed by atoms with Crippen molar-refractivity contribution in [2.24, 2.45) is 16.5 Å². The first-order valence-electron chi connectivity index (χ1n) is 4.32. The molecule has 4 N–H and O–H groups in total. The maximum atomic E-state index is 5.16. The number of hydrogen-bond acceptors (Lipinski definition) is 1. The Bertz CT molecular complexity index is 111. The van der Waals surface area contributed by atoms with Crippen LogP contribution in [0.3, 0.4) is 0 Å². The minimum Gasteiger partial charge on any atom is -0.370 e. The summed E-state index contributed by atoms with van der Waals surface area (Å²) in [6.07, 6.45) is 6.25. The summed E-state index contributed by atoms with van der Waals surface area (Å²) in [4.78, 5) is 3.89. The Labute approximate surface area is 81.0 Å². The van der Waals surface area contributed by atoms with Crippen molar-refractivity contribution in [2.75, 3.05) is 6.54 Å². The average molecular weight is 194 g/mol. The summed E-state index contributed by atoms with van der Waals surface area (Å²) in [7, 11) is 0. The van der Waals surface area contributed by atoms with E-state index in [2.05, 4.69) is 11.9 Å². The average Bonchev–Trinajstić information content (AvgIpc) is 1.96. The van der Waals surface area contributed by atoms with Gasteiger partial charge in [0.2, 0.25) is 0 Å². The quantitative estimate of drug-likeness (QED) is 0.383. The minimum absolute atomic E-state index is 0. The molecule has 74 valence electrons. The second kappa shape index (κ2) is 10.6. The van der Waals surface area contributed by atoms with Gasteiger partial charge in [0.05, 0.1) is 0 Å². The van der Waals surface area contributed by atoms with Gasteiger partial charge in [-0.25, -0.2) is 0 Å². The molecule has 0 fully saturated rings. The third kappa shape index (κ3) is 12.3. The summed E-state index contributed by atoms with van der Waals surface area (Å²) in [5.41, 5.74) is 10.3. The molecule has 0 unspecified atom stereocenters. The molecule has 0 rings (SSSR count). The number of guanidine groups is 1. The number of nitrogens with zero attached hydrogens (tertiary/aromatic N) is 1. The molecule has 0 aromatic heterocycles. The van der Waals surface area contributed by atoms with Gasteiger partial charge in [-0.2, -0.15) is 0 Å². The van der Waals surface area contributed by atoms with Crippen LogP contribution in [0.15, 0.2) is 4.99 Å². The van der Waals surface area contributed by atoms with Gasteiger partial charge >= 0.3 is 0 Å². The van der Waals surface area contributed by atoms with Crippen molar-refractivity contribution in [1.29, 1.82) is 0 Å². The van der Waals surface area contributed by atoms with E-state index in [1.807, 2.05) is 0 Å². The molecular formula is C8H20ClN3. The maximum absolute atomic E-state index is 5.16. The highest BCUT2D eigenvalue weighted by Gasteiger charge is 1.87. The van der Waals surface area contributed by atoms with Crippen molar-refractivity contribution in [2.45, 2.75) is 39.0 Å². The SMILES string of the molecule is CCCCCCCN=C(N)N.Cl. The van der Waals surface area contributed by atoms with Gasteiger partial charge in [-0.05, 0) is 6.42 Å². The van der Waals surface area contributed by atoms with Gasteiger partial charge in [-0.15, -0.1) is 12.4 Å². The van der Waals surface area contributed by atoms with Gasteiger partial charge < -0.3 is 11.5 Å². The van der Waals surface area contributed by atoms with Crippen molar-refractivity contribution < 1.29 is 0 Å². The molecule has 4 heteroatoms. The molecule has 0 amide bonds. The fourth-order valence-electron chi connectivity index (χ4n) is 0.924.